The first-order valence-corrected chi connectivity index (χ1v) is 13.8. The first-order valence-electron chi connectivity index (χ1n) is 11.4. The summed E-state index contributed by atoms with van der Waals surface area (Å²) < 4.78 is 34.0. The van der Waals surface area contributed by atoms with Crippen molar-refractivity contribution in [3.63, 3.8) is 0 Å². The summed E-state index contributed by atoms with van der Waals surface area (Å²) >= 11 is 1.57. The van der Waals surface area contributed by atoms with Gasteiger partial charge in [-0.25, -0.2) is 13.1 Å². The first-order chi connectivity index (χ1) is 16.8. The monoisotopic (exact) mass is 508 g/mol. The van der Waals surface area contributed by atoms with E-state index in [0.29, 0.717) is 12.1 Å². The molecule has 0 fully saturated rings. The minimum Gasteiger partial charge on any atom is -0.495 e. The number of anilines is 1. The quantitative estimate of drug-likeness (QED) is 0.155. The van der Waals surface area contributed by atoms with Crippen LogP contribution < -0.4 is 10.0 Å². The number of hydrogen-bond acceptors (Lipinski definition) is 5. The minimum absolute atomic E-state index is 0.278. The van der Waals surface area contributed by atoms with Crippen molar-refractivity contribution in [3.8, 4) is 11.1 Å². The highest BCUT2D eigenvalue weighted by Gasteiger charge is 2.18. The molecule has 0 bridgehead atoms. The van der Waals surface area contributed by atoms with Gasteiger partial charge < -0.3 is 10.1 Å². The topological polar surface area (TPSA) is 67.4 Å². The normalized spacial score (nSPS) is 11.8. The lowest BCUT2D eigenvalue weighted by Crippen LogP contribution is -2.25. The van der Waals surface area contributed by atoms with Gasteiger partial charge in [0.15, 0.2) is 0 Å². The van der Waals surface area contributed by atoms with Crippen molar-refractivity contribution in [2.24, 2.45) is 0 Å². The Hall–Kier alpha value is -3.13. The number of unbranched alkanes of at least 4 members (excludes halogenated alkanes) is 1. The Kier molecular flexibility index (Phi) is 9.09. The van der Waals surface area contributed by atoms with Gasteiger partial charge >= 0.3 is 0 Å². The van der Waals surface area contributed by atoms with Crippen molar-refractivity contribution < 1.29 is 13.2 Å². The summed E-state index contributed by atoms with van der Waals surface area (Å²) in [4.78, 5) is 1.24. The Labute approximate surface area is 212 Å². The number of sulfonamides is 1. The van der Waals surface area contributed by atoms with E-state index < -0.39 is 10.0 Å². The maximum atomic E-state index is 12.9. The molecule has 1 aromatic heterocycles. The predicted molar refractivity (Wildman–Crippen MR) is 149 cm³/mol. The van der Waals surface area contributed by atoms with Crippen molar-refractivity contribution >= 4 is 38.5 Å². The Balaban J connectivity index is 1.82. The fourth-order valence-electron chi connectivity index (χ4n) is 3.53. The van der Waals surface area contributed by atoms with E-state index in [9.17, 15) is 8.42 Å². The summed E-state index contributed by atoms with van der Waals surface area (Å²) in [6.07, 6.45) is 3.62. The first kappa shape index (κ1) is 26.5. The van der Waals surface area contributed by atoms with Gasteiger partial charge in [-0.15, -0.1) is 11.3 Å². The van der Waals surface area contributed by atoms with E-state index in [-0.39, 0.29) is 4.90 Å². The molecule has 0 spiro atoms. The van der Waals surface area contributed by atoms with E-state index in [4.69, 9.17) is 4.74 Å². The lowest BCUT2D eigenvalue weighted by atomic mass is 10.0. The highest BCUT2D eigenvalue weighted by Crippen LogP contribution is 2.34. The number of nitrogens with one attached hydrogen (secondary N) is 2. The van der Waals surface area contributed by atoms with Gasteiger partial charge in [0.05, 0.1) is 22.6 Å². The molecule has 3 rings (SSSR count). The Morgan fingerprint density at radius 3 is 2.46 bits per heavy atom. The molecule has 0 radical (unpaired) electrons. The maximum absolute atomic E-state index is 12.9. The molecule has 0 amide bonds. The number of thiophene rings is 1. The SMILES string of the molecule is C=C(C)/C=C(/OC)c1sccc1NC(=C)c1ccc(-c2ccccc2S(=O)(=O)NCCCC)cc1. The zero-order valence-corrected chi connectivity index (χ0v) is 22.1. The predicted octanol–water partition coefficient (Wildman–Crippen LogP) is 7.14. The number of ether oxygens (including phenoxy) is 1. The van der Waals surface area contributed by atoms with Crippen LogP contribution >= 0.6 is 11.3 Å². The van der Waals surface area contributed by atoms with Crippen molar-refractivity contribution in [2.75, 3.05) is 19.0 Å². The van der Waals surface area contributed by atoms with E-state index in [1.165, 1.54) is 0 Å². The van der Waals surface area contributed by atoms with Crippen LogP contribution in [-0.2, 0) is 14.8 Å². The molecule has 0 aliphatic rings. The molecule has 0 aliphatic heterocycles. The standard InChI is InChI=1S/C28H32N2O3S2/c1-6-7-17-29-35(31,32)27-11-9-8-10-24(27)23-14-12-22(13-15-23)21(4)30-25-16-18-34-28(25)26(33-5)19-20(2)3/h8-16,18-19,29-30H,2,4,6-7,17H2,1,3,5H3/b26-19+. The van der Waals surface area contributed by atoms with Gasteiger partial charge in [0, 0.05) is 17.8 Å². The number of benzene rings is 2. The summed E-state index contributed by atoms with van der Waals surface area (Å²) in [5.74, 6) is 0.739. The fraction of sp³-hybridized carbons (Fsp3) is 0.214. The van der Waals surface area contributed by atoms with Crippen molar-refractivity contribution in [1.29, 1.82) is 0 Å². The van der Waals surface area contributed by atoms with Gasteiger partial charge in [-0.3, -0.25) is 0 Å². The molecule has 0 unspecified atom stereocenters. The van der Waals surface area contributed by atoms with Gasteiger partial charge in [0.25, 0.3) is 0 Å². The molecule has 184 valence electrons. The van der Waals surface area contributed by atoms with Crippen molar-refractivity contribution in [1.82, 2.24) is 4.72 Å². The third-order valence-electron chi connectivity index (χ3n) is 5.32. The van der Waals surface area contributed by atoms with Crippen molar-refractivity contribution in [3.05, 3.63) is 95.2 Å². The molecule has 5 nitrogen and oxygen atoms in total. The fourth-order valence-corrected chi connectivity index (χ4v) is 5.67. The molecule has 7 heteroatoms. The average molecular weight is 509 g/mol. The number of hydrogen-bond donors (Lipinski definition) is 2. The smallest absolute Gasteiger partial charge is 0.241 e. The van der Waals surface area contributed by atoms with E-state index in [0.717, 1.165) is 51.6 Å². The summed E-state index contributed by atoms with van der Waals surface area (Å²) in [5, 5.41) is 5.37. The zero-order chi connectivity index (χ0) is 25.4. The van der Waals surface area contributed by atoms with Crippen LogP contribution in [0.4, 0.5) is 5.69 Å². The van der Waals surface area contributed by atoms with Gasteiger partial charge in [-0.2, -0.15) is 0 Å². The lowest BCUT2D eigenvalue weighted by molar-refractivity contribution is 0.371. The molecule has 3 aromatic rings. The largest absolute Gasteiger partial charge is 0.495 e. The number of allylic oxidation sites excluding steroid dienone is 2. The van der Waals surface area contributed by atoms with Crippen LogP contribution in [0.3, 0.4) is 0 Å². The van der Waals surface area contributed by atoms with E-state index in [2.05, 4.69) is 23.2 Å². The number of methoxy groups -OCH3 is 1. The van der Waals surface area contributed by atoms with E-state index in [1.54, 1.807) is 30.6 Å². The summed E-state index contributed by atoms with van der Waals surface area (Å²) in [5.41, 5.74) is 4.91. The maximum Gasteiger partial charge on any atom is 0.241 e. The Morgan fingerprint density at radius 1 is 1.09 bits per heavy atom. The van der Waals surface area contributed by atoms with Crippen LogP contribution in [-0.4, -0.2) is 22.1 Å². The number of rotatable bonds is 12. The Morgan fingerprint density at radius 2 is 1.80 bits per heavy atom. The van der Waals surface area contributed by atoms with Crippen LogP contribution in [0, 0.1) is 0 Å². The summed E-state index contributed by atoms with van der Waals surface area (Å²) in [7, 11) is -1.96. The summed E-state index contributed by atoms with van der Waals surface area (Å²) in [6, 6.07) is 16.7. The Bertz CT molecular complexity index is 1320. The average Bonchev–Trinajstić information content (AvgIpc) is 3.30. The van der Waals surface area contributed by atoms with E-state index in [1.807, 2.05) is 67.8 Å². The molecule has 2 aromatic carbocycles. The second kappa shape index (κ2) is 12.0. The third kappa shape index (κ3) is 6.72. The van der Waals surface area contributed by atoms with Crippen LogP contribution in [0.5, 0.6) is 0 Å². The van der Waals surface area contributed by atoms with Gasteiger partial charge in [-0.1, -0.05) is 74.5 Å². The van der Waals surface area contributed by atoms with Gasteiger partial charge in [-0.05, 0) is 48.1 Å². The van der Waals surface area contributed by atoms with Crippen LogP contribution in [0.2, 0.25) is 0 Å². The minimum atomic E-state index is -3.60. The van der Waals surface area contributed by atoms with Crippen LogP contribution in [0.15, 0.2) is 89.7 Å². The second-order valence-electron chi connectivity index (χ2n) is 8.15. The lowest BCUT2D eigenvalue weighted by Gasteiger charge is -2.14. The highest BCUT2D eigenvalue weighted by atomic mass is 32.2. The van der Waals surface area contributed by atoms with E-state index >= 15 is 0 Å². The molecule has 35 heavy (non-hydrogen) atoms. The van der Waals surface area contributed by atoms with Gasteiger partial charge in [0.2, 0.25) is 10.0 Å². The molecule has 0 saturated carbocycles. The molecule has 0 atom stereocenters. The molecule has 0 aliphatic carbocycles. The van der Waals surface area contributed by atoms with Crippen LogP contribution in [0.1, 0.15) is 37.1 Å². The zero-order valence-electron chi connectivity index (χ0n) is 20.4. The molecular formula is C28H32N2O3S2. The summed E-state index contributed by atoms with van der Waals surface area (Å²) in [6.45, 7) is 12.5. The van der Waals surface area contributed by atoms with Crippen LogP contribution in [0.25, 0.3) is 22.6 Å². The second-order valence-corrected chi connectivity index (χ2v) is 10.8. The molecular weight excluding hydrogens is 476 g/mol. The highest BCUT2D eigenvalue weighted by molar-refractivity contribution is 7.89. The molecule has 1 heterocycles. The third-order valence-corrected chi connectivity index (χ3v) is 7.76. The molecule has 2 N–H and O–H groups in total. The molecule has 0 saturated heterocycles. The van der Waals surface area contributed by atoms with Crippen molar-refractivity contribution in [2.45, 2.75) is 31.6 Å². The van der Waals surface area contributed by atoms with Gasteiger partial charge in [0.1, 0.15) is 5.76 Å².